The lowest BCUT2D eigenvalue weighted by molar-refractivity contribution is -0.379. The second-order valence-electron chi connectivity index (χ2n) is 22.5. The monoisotopic (exact) mass is 1210 g/mol. The largest absolute Gasteiger partial charge is 0.394 e. The van der Waals surface area contributed by atoms with E-state index in [-0.39, 0.29) is 18.9 Å². The maximum absolute atomic E-state index is 13.3. The predicted molar refractivity (Wildman–Crippen MR) is 327 cm³/mol. The maximum Gasteiger partial charge on any atom is 0.220 e. The molecule has 0 aromatic carbocycles. The number of hydrogen-bond acceptors (Lipinski definition) is 18. The normalized spacial score (nSPS) is 29.6. The molecule has 3 aliphatic rings. The number of aliphatic hydroxyl groups is 11. The second-order valence-corrected chi connectivity index (χ2v) is 22.5. The van der Waals surface area contributed by atoms with Crippen molar-refractivity contribution in [2.24, 2.45) is 0 Å². The SMILES string of the molecule is C/C=C/CC/C=C/CC/C=C/C(O)C(COC1OC(CO)C(OC2OC(CO)C(OC3OC(CO)C(O)C(O)C3O)C(O)C2O)C(O)C1O)NC(=O)CCCCCCCCCCCCCCCCC/C=C\C/C=C\C/C=C\C/C=C\C/C=C\CC. The molecular formula is C66H111NO18. The summed E-state index contributed by atoms with van der Waals surface area (Å²) in [6, 6.07) is -0.999. The van der Waals surface area contributed by atoms with Crippen LogP contribution in [-0.2, 0) is 33.2 Å². The summed E-state index contributed by atoms with van der Waals surface area (Å²) in [7, 11) is 0. The van der Waals surface area contributed by atoms with Crippen LogP contribution in [0.2, 0.25) is 0 Å². The first kappa shape index (κ1) is 76.0. The summed E-state index contributed by atoms with van der Waals surface area (Å²) in [5.74, 6) is -0.298. The molecule has 0 aromatic rings. The number of aliphatic hydroxyl groups excluding tert-OH is 11. The summed E-state index contributed by atoms with van der Waals surface area (Å²) in [6.07, 6.45) is 34.5. The molecule has 12 N–H and O–H groups in total. The molecule has 85 heavy (non-hydrogen) atoms. The molecule has 0 saturated carbocycles. The average molecular weight is 1210 g/mol. The zero-order valence-corrected chi connectivity index (χ0v) is 51.0. The van der Waals surface area contributed by atoms with Crippen LogP contribution in [0.25, 0.3) is 0 Å². The van der Waals surface area contributed by atoms with Crippen molar-refractivity contribution in [2.45, 2.75) is 285 Å². The fraction of sp³-hybridized carbons (Fsp3) is 0.742. The Kier molecular flexibility index (Phi) is 42.6. The predicted octanol–water partition coefficient (Wildman–Crippen LogP) is 6.93. The first-order valence-electron chi connectivity index (χ1n) is 32.0. The zero-order valence-electron chi connectivity index (χ0n) is 51.0. The molecule has 0 spiro atoms. The molecule has 3 aliphatic heterocycles. The molecule has 3 saturated heterocycles. The fourth-order valence-electron chi connectivity index (χ4n) is 10.3. The van der Waals surface area contributed by atoms with Crippen molar-refractivity contribution in [3.05, 3.63) is 97.2 Å². The molecule has 0 aliphatic carbocycles. The van der Waals surface area contributed by atoms with E-state index in [9.17, 15) is 61.0 Å². The van der Waals surface area contributed by atoms with E-state index in [0.29, 0.717) is 12.8 Å². The molecule has 17 unspecified atom stereocenters. The van der Waals surface area contributed by atoms with E-state index in [1.165, 1.54) is 70.6 Å². The van der Waals surface area contributed by atoms with Crippen LogP contribution in [0.3, 0.4) is 0 Å². The van der Waals surface area contributed by atoms with Gasteiger partial charge in [0.15, 0.2) is 18.9 Å². The molecular weight excluding hydrogens is 1090 g/mol. The third kappa shape index (κ3) is 30.7. The molecule has 488 valence electrons. The fourth-order valence-corrected chi connectivity index (χ4v) is 10.3. The van der Waals surface area contributed by atoms with E-state index in [0.717, 1.165) is 77.0 Å². The van der Waals surface area contributed by atoms with E-state index in [4.69, 9.17) is 28.4 Å². The minimum atomic E-state index is -1.98. The van der Waals surface area contributed by atoms with Crippen LogP contribution in [0.5, 0.6) is 0 Å². The van der Waals surface area contributed by atoms with Gasteiger partial charge in [-0.2, -0.15) is 0 Å². The number of hydrogen-bond donors (Lipinski definition) is 12. The number of carbonyl (C=O) groups is 1. The van der Waals surface area contributed by atoms with Crippen LogP contribution in [0.15, 0.2) is 97.2 Å². The molecule has 19 nitrogen and oxygen atoms in total. The zero-order chi connectivity index (χ0) is 61.9. The number of rotatable bonds is 46. The van der Waals surface area contributed by atoms with E-state index in [1.807, 2.05) is 19.1 Å². The second kappa shape index (κ2) is 47.7. The Hall–Kier alpha value is -3.29. The highest BCUT2D eigenvalue weighted by Crippen LogP contribution is 2.33. The standard InChI is InChI=1S/C66H111NO18/c1-3-5-7-9-11-13-14-15-16-17-18-19-20-21-22-23-24-25-26-27-28-29-30-31-32-33-34-36-38-40-42-44-54(72)67-49(50(71)43-41-39-37-35-12-10-8-6-4-2)48-80-64-60(78)57(75)62(52(46-69)82-64)85-66-61(79)58(76)63(53(47-70)83-66)84-65-59(77)56(74)55(73)51(45-68)81-65/h4-7,11-13,15-16,18-19,21-22,35,41,43,49-53,55-66,68-71,73-79H,3,8-10,14,17,20,23-34,36-40,42,44-48H2,1-2H3,(H,67,72)/b6-4+,7-5-,13-11-,16-15-,19-18-,22-21-,35-12+,43-41+. The Morgan fingerprint density at radius 3 is 1.32 bits per heavy atom. The van der Waals surface area contributed by atoms with E-state index < -0.39 is 124 Å². The Bertz CT molecular complexity index is 1920. The van der Waals surface area contributed by atoms with Gasteiger partial charge in [-0.25, -0.2) is 0 Å². The van der Waals surface area contributed by atoms with Crippen LogP contribution in [0, 0.1) is 0 Å². The summed E-state index contributed by atoms with van der Waals surface area (Å²) in [5, 5.41) is 120. The highest BCUT2D eigenvalue weighted by molar-refractivity contribution is 5.76. The lowest BCUT2D eigenvalue weighted by Crippen LogP contribution is -2.66. The van der Waals surface area contributed by atoms with Crippen molar-refractivity contribution in [3.8, 4) is 0 Å². The number of nitrogens with one attached hydrogen (secondary N) is 1. The summed E-state index contributed by atoms with van der Waals surface area (Å²) < 4.78 is 34.2. The number of amides is 1. The minimum absolute atomic E-state index is 0.226. The van der Waals surface area contributed by atoms with Crippen molar-refractivity contribution >= 4 is 5.91 Å². The Balaban J connectivity index is 1.36. The summed E-state index contributed by atoms with van der Waals surface area (Å²) in [4.78, 5) is 13.3. The Morgan fingerprint density at radius 2 is 0.835 bits per heavy atom. The van der Waals surface area contributed by atoms with Crippen LogP contribution in [0.4, 0.5) is 0 Å². The van der Waals surface area contributed by atoms with E-state index in [2.05, 4.69) is 91.2 Å². The van der Waals surface area contributed by atoms with Gasteiger partial charge in [0.25, 0.3) is 0 Å². The van der Waals surface area contributed by atoms with Crippen molar-refractivity contribution in [1.82, 2.24) is 5.32 Å². The number of allylic oxidation sites excluding steroid dienone is 15. The molecule has 3 fully saturated rings. The third-order valence-electron chi connectivity index (χ3n) is 15.4. The minimum Gasteiger partial charge on any atom is -0.394 e. The third-order valence-corrected chi connectivity index (χ3v) is 15.4. The van der Waals surface area contributed by atoms with Crippen molar-refractivity contribution in [3.63, 3.8) is 0 Å². The first-order valence-corrected chi connectivity index (χ1v) is 32.0. The molecule has 19 heteroatoms. The van der Waals surface area contributed by atoms with Crippen LogP contribution in [0.1, 0.15) is 181 Å². The molecule has 0 bridgehead atoms. The molecule has 0 aromatic heterocycles. The van der Waals surface area contributed by atoms with Gasteiger partial charge >= 0.3 is 0 Å². The molecule has 17 atom stereocenters. The summed E-state index contributed by atoms with van der Waals surface area (Å²) >= 11 is 0. The van der Waals surface area contributed by atoms with Gasteiger partial charge in [0.1, 0.15) is 73.2 Å². The Morgan fingerprint density at radius 1 is 0.447 bits per heavy atom. The quantitative estimate of drug-likeness (QED) is 0.0217. The summed E-state index contributed by atoms with van der Waals surface area (Å²) in [5.41, 5.74) is 0. The highest BCUT2D eigenvalue weighted by atomic mass is 16.8. The first-order chi connectivity index (χ1) is 41.3. The average Bonchev–Trinajstić information content (AvgIpc) is 3.55. The van der Waals surface area contributed by atoms with Crippen molar-refractivity contribution < 1.29 is 89.4 Å². The van der Waals surface area contributed by atoms with Crippen molar-refractivity contribution in [1.29, 1.82) is 0 Å². The lowest BCUT2D eigenvalue weighted by Gasteiger charge is -2.48. The Labute approximate surface area is 507 Å². The molecule has 3 rings (SSSR count). The van der Waals surface area contributed by atoms with Gasteiger partial charge in [0, 0.05) is 6.42 Å². The van der Waals surface area contributed by atoms with Gasteiger partial charge < -0.3 is 89.9 Å². The highest BCUT2D eigenvalue weighted by Gasteiger charge is 2.53. The van der Waals surface area contributed by atoms with E-state index >= 15 is 0 Å². The van der Waals surface area contributed by atoms with Gasteiger partial charge in [0.2, 0.25) is 5.91 Å². The van der Waals surface area contributed by atoms with Gasteiger partial charge in [-0.1, -0.05) is 188 Å². The summed E-state index contributed by atoms with van der Waals surface area (Å²) in [6.45, 7) is 1.32. The van der Waals surface area contributed by atoms with Gasteiger partial charge in [-0.3, -0.25) is 4.79 Å². The smallest absolute Gasteiger partial charge is 0.220 e. The van der Waals surface area contributed by atoms with Gasteiger partial charge in [-0.05, 0) is 84.0 Å². The van der Waals surface area contributed by atoms with Gasteiger partial charge in [-0.15, -0.1) is 0 Å². The number of ether oxygens (including phenoxy) is 6. The van der Waals surface area contributed by atoms with E-state index in [1.54, 1.807) is 6.08 Å². The maximum atomic E-state index is 13.3. The number of carbonyl (C=O) groups excluding carboxylic acids is 1. The van der Waals surface area contributed by atoms with Crippen LogP contribution in [-0.4, -0.2) is 193 Å². The van der Waals surface area contributed by atoms with Crippen molar-refractivity contribution in [2.75, 3.05) is 26.4 Å². The topological polar surface area (TPSA) is 307 Å². The molecule has 3 heterocycles. The lowest BCUT2D eigenvalue weighted by atomic mass is 9.96. The van der Waals surface area contributed by atoms with Gasteiger partial charge in [0.05, 0.1) is 38.6 Å². The van der Waals surface area contributed by atoms with Crippen LogP contribution < -0.4 is 5.32 Å². The molecule has 0 radical (unpaired) electrons. The molecule has 1 amide bonds. The van der Waals surface area contributed by atoms with Crippen LogP contribution >= 0.6 is 0 Å². The number of unbranched alkanes of at least 4 members (excludes halogenated alkanes) is 17.